The van der Waals surface area contributed by atoms with Gasteiger partial charge in [-0.1, -0.05) is 42.5 Å². The Balaban J connectivity index is 1.86. The summed E-state index contributed by atoms with van der Waals surface area (Å²) >= 11 is 0. The van der Waals surface area contributed by atoms with Gasteiger partial charge < -0.3 is 5.32 Å². The lowest BCUT2D eigenvalue weighted by Gasteiger charge is -2.30. The quantitative estimate of drug-likeness (QED) is 0.515. The fourth-order valence-corrected chi connectivity index (χ4v) is 3.69. The number of nitrogens with zero attached hydrogens (tertiary/aromatic N) is 2. The molecular formula is C22H19N3. The van der Waals surface area contributed by atoms with Gasteiger partial charge in [0.25, 0.3) is 0 Å². The van der Waals surface area contributed by atoms with E-state index in [1.54, 1.807) is 0 Å². The van der Waals surface area contributed by atoms with Crippen molar-refractivity contribution in [3.8, 4) is 11.4 Å². The Kier molecular flexibility index (Phi) is 2.98. The second-order valence-electron chi connectivity index (χ2n) is 6.73. The highest BCUT2D eigenvalue weighted by atomic mass is 15.2. The topological polar surface area (TPSA) is 29.9 Å². The third-order valence-corrected chi connectivity index (χ3v) is 5.14. The van der Waals surface area contributed by atoms with E-state index in [-0.39, 0.29) is 6.17 Å². The van der Waals surface area contributed by atoms with Crippen LogP contribution in [0.3, 0.4) is 0 Å². The van der Waals surface area contributed by atoms with Crippen LogP contribution in [0.5, 0.6) is 0 Å². The molecule has 122 valence electrons. The maximum Gasteiger partial charge on any atom is 0.145 e. The van der Waals surface area contributed by atoms with Crippen LogP contribution in [-0.4, -0.2) is 9.55 Å². The van der Waals surface area contributed by atoms with Gasteiger partial charge in [-0.2, -0.15) is 0 Å². The molecule has 0 aliphatic carbocycles. The Labute approximate surface area is 147 Å². The van der Waals surface area contributed by atoms with Crippen LogP contribution in [0.1, 0.15) is 22.9 Å². The number of anilines is 1. The van der Waals surface area contributed by atoms with Gasteiger partial charge in [0.15, 0.2) is 0 Å². The minimum Gasteiger partial charge on any atom is -0.361 e. The molecule has 2 heterocycles. The first-order valence-electron chi connectivity index (χ1n) is 8.62. The highest BCUT2D eigenvalue weighted by molar-refractivity contribution is 5.87. The van der Waals surface area contributed by atoms with Gasteiger partial charge in [0.05, 0.1) is 11.0 Å². The zero-order chi connectivity index (χ0) is 17.0. The van der Waals surface area contributed by atoms with E-state index in [4.69, 9.17) is 4.98 Å². The summed E-state index contributed by atoms with van der Waals surface area (Å²) in [6, 6.07) is 23.4. The van der Waals surface area contributed by atoms with Crippen LogP contribution in [0.4, 0.5) is 5.69 Å². The maximum atomic E-state index is 5.00. The molecule has 0 amide bonds. The van der Waals surface area contributed by atoms with Crippen molar-refractivity contribution in [2.24, 2.45) is 0 Å². The molecule has 1 aliphatic rings. The highest BCUT2D eigenvalue weighted by Crippen LogP contribution is 2.40. The molecule has 3 aromatic carbocycles. The summed E-state index contributed by atoms with van der Waals surface area (Å²) in [5.74, 6) is 1.03. The van der Waals surface area contributed by atoms with Gasteiger partial charge in [0, 0.05) is 11.3 Å². The molecule has 1 aromatic heterocycles. The molecule has 0 saturated heterocycles. The van der Waals surface area contributed by atoms with Gasteiger partial charge in [-0.05, 0) is 54.8 Å². The third-order valence-electron chi connectivity index (χ3n) is 5.14. The van der Waals surface area contributed by atoms with Crippen molar-refractivity contribution in [1.82, 2.24) is 9.55 Å². The predicted octanol–water partition coefficient (Wildman–Crippen LogP) is 5.29. The maximum absolute atomic E-state index is 5.00. The van der Waals surface area contributed by atoms with E-state index in [0.717, 1.165) is 22.6 Å². The molecule has 25 heavy (non-hydrogen) atoms. The Bertz CT molecular complexity index is 1090. The van der Waals surface area contributed by atoms with E-state index < -0.39 is 0 Å². The van der Waals surface area contributed by atoms with Gasteiger partial charge >= 0.3 is 0 Å². The standard InChI is InChI=1S/C22H19N3/c1-14-12-19-20(13-15(14)2)25-21(16-8-4-3-5-9-16)23-18-11-7-6-10-17(18)22(25)24-19/h3-13,21,23H,1-2H3. The highest BCUT2D eigenvalue weighted by Gasteiger charge is 2.28. The summed E-state index contributed by atoms with van der Waals surface area (Å²) in [5.41, 5.74) is 8.32. The molecule has 0 fully saturated rings. The van der Waals surface area contributed by atoms with Crippen LogP contribution in [0.25, 0.3) is 22.4 Å². The van der Waals surface area contributed by atoms with E-state index in [1.807, 2.05) is 0 Å². The second kappa shape index (κ2) is 5.21. The number of aryl methyl sites for hydroxylation is 2. The lowest BCUT2D eigenvalue weighted by Crippen LogP contribution is -2.24. The Morgan fingerprint density at radius 3 is 2.44 bits per heavy atom. The molecule has 0 saturated carbocycles. The molecule has 0 radical (unpaired) electrons. The SMILES string of the molecule is Cc1cc2nc3n(c2cc1C)C(c1ccccc1)Nc1ccccc1-3. The first-order valence-corrected chi connectivity index (χ1v) is 8.62. The molecule has 3 heteroatoms. The van der Waals surface area contributed by atoms with E-state index in [9.17, 15) is 0 Å². The van der Waals surface area contributed by atoms with Gasteiger partial charge in [-0.3, -0.25) is 4.57 Å². The number of rotatable bonds is 1. The summed E-state index contributed by atoms with van der Waals surface area (Å²) in [6.07, 6.45) is 0.0400. The van der Waals surface area contributed by atoms with E-state index in [0.29, 0.717) is 0 Å². The molecule has 3 nitrogen and oxygen atoms in total. The lowest BCUT2D eigenvalue weighted by molar-refractivity contribution is 0.669. The van der Waals surface area contributed by atoms with Crippen LogP contribution < -0.4 is 5.32 Å². The van der Waals surface area contributed by atoms with E-state index in [1.165, 1.54) is 22.2 Å². The summed E-state index contributed by atoms with van der Waals surface area (Å²) < 4.78 is 2.33. The average Bonchev–Trinajstić information content (AvgIpc) is 3.01. The number of nitrogens with one attached hydrogen (secondary N) is 1. The molecule has 0 spiro atoms. The number of fused-ring (bicyclic) bond motifs is 5. The van der Waals surface area contributed by atoms with Gasteiger partial charge in [-0.15, -0.1) is 0 Å². The molecule has 1 N–H and O–H groups in total. The van der Waals surface area contributed by atoms with Crippen LogP contribution in [0, 0.1) is 13.8 Å². The third kappa shape index (κ3) is 2.09. The van der Waals surface area contributed by atoms with Crippen LogP contribution >= 0.6 is 0 Å². The summed E-state index contributed by atoms with van der Waals surface area (Å²) in [7, 11) is 0. The molecular weight excluding hydrogens is 306 g/mol. The Hall–Kier alpha value is -3.07. The zero-order valence-electron chi connectivity index (χ0n) is 14.3. The summed E-state index contributed by atoms with van der Waals surface area (Å²) in [4.78, 5) is 5.00. The molecule has 0 bridgehead atoms. The number of aromatic nitrogens is 2. The van der Waals surface area contributed by atoms with Gasteiger partial charge in [0.2, 0.25) is 0 Å². The van der Waals surface area contributed by atoms with Crippen LogP contribution in [0.15, 0.2) is 66.7 Å². The van der Waals surface area contributed by atoms with Crippen molar-refractivity contribution in [2.75, 3.05) is 5.32 Å². The molecule has 1 unspecified atom stereocenters. The summed E-state index contributed by atoms with van der Waals surface area (Å²) in [6.45, 7) is 4.31. The molecule has 4 aromatic rings. The van der Waals surface area contributed by atoms with Crippen molar-refractivity contribution < 1.29 is 0 Å². The van der Waals surface area contributed by atoms with Crippen LogP contribution in [0.2, 0.25) is 0 Å². The minimum atomic E-state index is 0.0400. The normalized spacial score (nSPS) is 15.5. The van der Waals surface area contributed by atoms with Crippen molar-refractivity contribution >= 4 is 16.7 Å². The van der Waals surface area contributed by atoms with Crippen molar-refractivity contribution in [3.05, 3.63) is 83.4 Å². The Morgan fingerprint density at radius 2 is 1.60 bits per heavy atom. The summed E-state index contributed by atoms with van der Waals surface area (Å²) in [5, 5.41) is 3.70. The fraction of sp³-hybridized carbons (Fsp3) is 0.136. The number of benzene rings is 3. The van der Waals surface area contributed by atoms with Gasteiger partial charge in [0.1, 0.15) is 12.0 Å². The molecule has 1 atom stereocenters. The van der Waals surface area contributed by atoms with Gasteiger partial charge in [-0.25, -0.2) is 4.98 Å². The Morgan fingerprint density at radius 1 is 0.880 bits per heavy atom. The molecule has 1 aliphatic heterocycles. The average molecular weight is 325 g/mol. The van der Waals surface area contributed by atoms with Crippen molar-refractivity contribution in [2.45, 2.75) is 20.0 Å². The predicted molar refractivity (Wildman–Crippen MR) is 103 cm³/mol. The first kappa shape index (κ1) is 14.3. The number of imidazole rings is 1. The number of hydrogen-bond donors (Lipinski definition) is 1. The zero-order valence-corrected chi connectivity index (χ0v) is 14.3. The smallest absolute Gasteiger partial charge is 0.145 e. The number of para-hydroxylation sites is 1. The fourth-order valence-electron chi connectivity index (χ4n) is 3.69. The lowest BCUT2D eigenvalue weighted by atomic mass is 10.1. The van der Waals surface area contributed by atoms with Crippen molar-refractivity contribution in [3.63, 3.8) is 0 Å². The van der Waals surface area contributed by atoms with E-state index >= 15 is 0 Å². The van der Waals surface area contributed by atoms with Crippen LogP contribution in [-0.2, 0) is 0 Å². The van der Waals surface area contributed by atoms with E-state index in [2.05, 4.69) is 90.5 Å². The second-order valence-corrected chi connectivity index (χ2v) is 6.73. The largest absolute Gasteiger partial charge is 0.361 e. The first-order chi connectivity index (χ1) is 12.2. The monoisotopic (exact) mass is 325 g/mol. The number of hydrogen-bond acceptors (Lipinski definition) is 2. The van der Waals surface area contributed by atoms with Crippen molar-refractivity contribution in [1.29, 1.82) is 0 Å². The molecule has 5 rings (SSSR count). The minimum absolute atomic E-state index is 0.0400.